The van der Waals surface area contributed by atoms with E-state index in [-0.39, 0.29) is 10.8 Å². The SMILES string of the molecule is COCCOCOC1CC[C@H]2[C@@H]3CCC4=CC(=O)CC[C@]4(C)[C@H]3CC[C@]12C. The Labute approximate surface area is 164 Å². The van der Waals surface area contributed by atoms with Crippen LogP contribution in [-0.2, 0) is 19.0 Å². The first kappa shape index (κ1) is 19.6. The van der Waals surface area contributed by atoms with E-state index < -0.39 is 0 Å². The number of rotatable bonds is 6. The van der Waals surface area contributed by atoms with Gasteiger partial charge in [0.25, 0.3) is 0 Å². The van der Waals surface area contributed by atoms with E-state index >= 15 is 0 Å². The summed E-state index contributed by atoms with van der Waals surface area (Å²) in [5, 5.41) is 0. The molecule has 152 valence electrons. The number of allylic oxidation sites excluding steroid dienone is 1. The van der Waals surface area contributed by atoms with E-state index in [1.807, 2.05) is 6.08 Å². The lowest BCUT2D eigenvalue weighted by Gasteiger charge is -2.58. The Bertz CT molecular complexity index is 599. The van der Waals surface area contributed by atoms with Crippen molar-refractivity contribution in [3.05, 3.63) is 11.6 Å². The van der Waals surface area contributed by atoms with Crippen LogP contribution >= 0.6 is 0 Å². The molecule has 0 aliphatic heterocycles. The minimum Gasteiger partial charge on any atom is -0.382 e. The Morgan fingerprint density at radius 3 is 2.70 bits per heavy atom. The average Bonchev–Trinajstić information content (AvgIpc) is 2.99. The Hall–Kier alpha value is -0.710. The molecule has 3 saturated carbocycles. The molecule has 4 heteroatoms. The van der Waals surface area contributed by atoms with Crippen LogP contribution in [0.4, 0.5) is 0 Å². The lowest BCUT2D eigenvalue weighted by molar-refractivity contribution is -0.149. The second-order valence-corrected chi connectivity index (χ2v) is 9.76. The normalized spacial score (nSPS) is 43.7. The molecule has 4 aliphatic rings. The van der Waals surface area contributed by atoms with Crippen molar-refractivity contribution in [1.82, 2.24) is 0 Å². The van der Waals surface area contributed by atoms with Crippen molar-refractivity contribution in [2.75, 3.05) is 27.1 Å². The highest BCUT2D eigenvalue weighted by atomic mass is 16.7. The van der Waals surface area contributed by atoms with Crippen LogP contribution in [0.15, 0.2) is 11.6 Å². The molecule has 4 aliphatic carbocycles. The standard InChI is InChI=1S/C23H36O4/c1-22-10-8-17(24)14-16(22)4-5-18-19-6-7-21(27-15-26-13-12-25-3)23(19,2)11-9-20(18)22/h14,18-21H,4-13,15H2,1-3H3/t18-,19-,20-,21?,22-,23-/m0/s1. The van der Waals surface area contributed by atoms with Crippen LogP contribution in [-0.4, -0.2) is 39.0 Å². The highest BCUT2D eigenvalue weighted by Gasteiger charge is 2.59. The predicted octanol–water partition coefficient (Wildman–Crippen LogP) is 4.52. The molecular formula is C23H36O4. The third-order valence-electron chi connectivity index (χ3n) is 8.66. The summed E-state index contributed by atoms with van der Waals surface area (Å²) in [6.45, 7) is 6.53. The lowest BCUT2D eigenvalue weighted by atomic mass is 9.47. The third kappa shape index (κ3) is 3.32. The molecule has 4 nitrogen and oxygen atoms in total. The van der Waals surface area contributed by atoms with E-state index in [0.29, 0.717) is 31.9 Å². The summed E-state index contributed by atoms with van der Waals surface area (Å²) in [6.07, 6.45) is 11.5. The Balaban J connectivity index is 1.44. The molecule has 4 rings (SSSR count). The molecule has 3 fully saturated rings. The molecule has 0 aromatic heterocycles. The lowest BCUT2D eigenvalue weighted by Crippen LogP contribution is -2.51. The topological polar surface area (TPSA) is 44.8 Å². The van der Waals surface area contributed by atoms with Gasteiger partial charge in [0.2, 0.25) is 0 Å². The first-order valence-electron chi connectivity index (χ1n) is 10.9. The van der Waals surface area contributed by atoms with Crippen molar-refractivity contribution in [2.24, 2.45) is 28.6 Å². The quantitative estimate of drug-likeness (QED) is 0.505. The van der Waals surface area contributed by atoms with E-state index in [2.05, 4.69) is 13.8 Å². The molecule has 0 saturated heterocycles. The maximum absolute atomic E-state index is 12.0. The Morgan fingerprint density at radius 2 is 1.89 bits per heavy atom. The predicted molar refractivity (Wildman–Crippen MR) is 104 cm³/mol. The summed E-state index contributed by atoms with van der Waals surface area (Å²) in [5.74, 6) is 2.66. The second kappa shape index (κ2) is 7.61. The number of carbonyl (C=O) groups excluding carboxylic acids is 1. The summed E-state index contributed by atoms with van der Waals surface area (Å²) in [4.78, 5) is 12.0. The highest BCUT2D eigenvalue weighted by molar-refractivity contribution is 5.91. The molecule has 27 heavy (non-hydrogen) atoms. The smallest absolute Gasteiger partial charge is 0.155 e. The summed E-state index contributed by atoms with van der Waals surface area (Å²) in [6, 6.07) is 0. The third-order valence-corrected chi connectivity index (χ3v) is 8.66. The summed E-state index contributed by atoms with van der Waals surface area (Å²) >= 11 is 0. The van der Waals surface area contributed by atoms with Crippen molar-refractivity contribution >= 4 is 5.78 Å². The van der Waals surface area contributed by atoms with Crippen LogP contribution in [0.5, 0.6) is 0 Å². The van der Waals surface area contributed by atoms with Crippen LogP contribution in [0.3, 0.4) is 0 Å². The molecule has 0 spiro atoms. The zero-order chi connectivity index (χ0) is 19.1. The van der Waals surface area contributed by atoms with E-state index in [4.69, 9.17) is 14.2 Å². The Morgan fingerprint density at radius 1 is 1.04 bits per heavy atom. The van der Waals surface area contributed by atoms with Gasteiger partial charge in [0.05, 0.1) is 19.3 Å². The largest absolute Gasteiger partial charge is 0.382 e. The zero-order valence-electron chi connectivity index (χ0n) is 17.3. The summed E-state index contributed by atoms with van der Waals surface area (Å²) < 4.78 is 16.8. The minimum atomic E-state index is 0.264. The van der Waals surface area contributed by atoms with Gasteiger partial charge < -0.3 is 14.2 Å². The minimum absolute atomic E-state index is 0.264. The van der Waals surface area contributed by atoms with Crippen molar-refractivity contribution in [3.8, 4) is 0 Å². The molecule has 0 heterocycles. The van der Waals surface area contributed by atoms with E-state index in [1.54, 1.807) is 7.11 Å². The number of hydrogen-bond donors (Lipinski definition) is 0. The van der Waals surface area contributed by atoms with Gasteiger partial charge in [-0.05, 0) is 79.6 Å². The van der Waals surface area contributed by atoms with E-state index in [9.17, 15) is 4.79 Å². The first-order chi connectivity index (χ1) is 13.0. The number of fused-ring (bicyclic) bond motifs is 5. The number of ether oxygens (including phenoxy) is 3. The summed E-state index contributed by atoms with van der Waals surface area (Å²) in [7, 11) is 1.69. The number of ketones is 1. The van der Waals surface area contributed by atoms with Crippen LogP contribution in [0, 0.1) is 28.6 Å². The van der Waals surface area contributed by atoms with Crippen LogP contribution in [0.2, 0.25) is 0 Å². The molecule has 0 N–H and O–H groups in total. The molecule has 6 atom stereocenters. The number of hydrogen-bond acceptors (Lipinski definition) is 4. The zero-order valence-corrected chi connectivity index (χ0v) is 17.3. The van der Waals surface area contributed by atoms with Gasteiger partial charge in [-0.2, -0.15) is 0 Å². The second-order valence-electron chi connectivity index (χ2n) is 9.76. The molecule has 0 aromatic rings. The molecule has 0 amide bonds. The van der Waals surface area contributed by atoms with Gasteiger partial charge in [0.1, 0.15) is 6.79 Å². The average molecular weight is 377 g/mol. The van der Waals surface area contributed by atoms with Gasteiger partial charge in [-0.3, -0.25) is 4.79 Å². The molecule has 0 radical (unpaired) electrons. The van der Waals surface area contributed by atoms with Gasteiger partial charge in [-0.15, -0.1) is 0 Å². The monoisotopic (exact) mass is 376 g/mol. The van der Waals surface area contributed by atoms with Crippen LogP contribution < -0.4 is 0 Å². The van der Waals surface area contributed by atoms with Gasteiger partial charge in [0, 0.05) is 13.5 Å². The Kier molecular flexibility index (Phi) is 5.52. The van der Waals surface area contributed by atoms with Gasteiger partial charge in [-0.25, -0.2) is 0 Å². The molecule has 0 aromatic carbocycles. The fourth-order valence-corrected chi connectivity index (χ4v) is 7.12. The van der Waals surface area contributed by atoms with Crippen molar-refractivity contribution in [1.29, 1.82) is 0 Å². The van der Waals surface area contributed by atoms with Gasteiger partial charge in [-0.1, -0.05) is 19.4 Å². The van der Waals surface area contributed by atoms with Crippen molar-refractivity contribution in [2.45, 2.75) is 71.3 Å². The fourth-order valence-electron chi connectivity index (χ4n) is 7.12. The highest BCUT2D eigenvalue weighted by Crippen LogP contribution is 2.65. The van der Waals surface area contributed by atoms with Crippen molar-refractivity contribution < 1.29 is 19.0 Å². The molecule has 0 bridgehead atoms. The first-order valence-corrected chi connectivity index (χ1v) is 10.9. The van der Waals surface area contributed by atoms with E-state index in [0.717, 1.165) is 43.4 Å². The maximum Gasteiger partial charge on any atom is 0.155 e. The van der Waals surface area contributed by atoms with Crippen LogP contribution in [0.1, 0.15) is 65.2 Å². The maximum atomic E-state index is 12.0. The number of carbonyl (C=O) groups is 1. The summed E-state index contributed by atoms with van der Waals surface area (Å²) in [5.41, 5.74) is 2.01. The van der Waals surface area contributed by atoms with Gasteiger partial charge in [0.15, 0.2) is 5.78 Å². The van der Waals surface area contributed by atoms with Gasteiger partial charge >= 0.3 is 0 Å². The number of methoxy groups -OCH3 is 1. The van der Waals surface area contributed by atoms with Crippen LogP contribution in [0.25, 0.3) is 0 Å². The van der Waals surface area contributed by atoms with E-state index in [1.165, 1.54) is 31.3 Å². The molecule has 1 unspecified atom stereocenters. The fraction of sp³-hybridized carbons (Fsp3) is 0.870. The molecular weight excluding hydrogens is 340 g/mol. The van der Waals surface area contributed by atoms with Crippen molar-refractivity contribution in [3.63, 3.8) is 0 Å².